The zero-order chi connectivity index (χ0) is 11.6. The van der Waals surface area contributed by atoms with Crippen molar-refractivity contribution in [3.63, 3.8) is 0 Å². The Morgan fingerprint density at radius 3 is 2.40 bits per heavy atom. The molecule has 0 radical (unpaired) electrons. The molecule has 1 rings (SSSR count). The lowest BCUT2D eigenvalue weighted by Gasteiger charge is -2.10. The molecular formula is C12H14O3. The average Bonchev–Trinajstić information content (AvgIpc) is 2.19. The summed E-state index contributed by atoms with van der Waals surface area (Å²) in [6.07, 6.45) is 0. The number of methoxy groups -OCH3 is 1. The Morgan fingerprint density at radius 1 is 1.33 bits per heavy atom. The van der Waals surface area contributed by atoms with E-state index in [4.69, 9.17) is 9.84 Å². The van der Waals surface area contributed by atoms with Gasteiger partial charge in [-0.15, -0.1) is 0 Å². The van der Waals surface area contributed by atoms with Crippen LogP contribution in [0.4, 0.5) is 0 Å². The summed E-state index contributed by atoms with van der Waals surface area (Å²) in [7, 11) is 1.59. The Bertz CT molecular complexity index is 419. The second kappa shape index (κ2) is 4.17. The standard InChI is InChI=1S/C12H14O3/c1-7-6-11(15-4)8(2)5-10(7)9(3)12(13)14/h5-6H,3H2,1-2,4H3,(H,13,14). The minimum absolute atomic E-state index is 0.109. The lowest BCUT2D eigenvalue weighted by molar-refractivity contribution is -0.130. The highest BCUT2D eigenvalue weighted by Gasteiger charge is 2.12. The fourth-order valence-corrected chi connectivity index (χ4v) is 1.45. The molecule has 15 heavy (non-hydrogen) atoms. The van der Waals surface area contributed by atoms with Crippen LogP contribution in [0.15, 0.2) is 18.7 Å². The van der Waals surface area contributed by atoms with Crippen LogP contribution in [0.5, 0.6) is 5.75 Å². The number of benzene rings is 1. The Balaban J connectivity index is 3.28. The Labute approximate surface area is 89.0 Å². The highest BCUT2D eigenvalue weighted by Crippen LogP contribution is 2.26. The molecule has 0 bridgehead atoms. The number of carboxylic acids is 1. The molecule has 0 atom stereocenters. The highest BCUT2D eigenvalue weighted by atomic mass is 16.5. The van der Waals surface area contributed by atoms with Gasteiger partial charge in [0.1, 0.15) is 5.75 Å². The van der Waals surface area contributed by atoms with Crippen molar-refractivity contribution in [1.82, 2.24) is 0 Å². The van der Waals surface area contributed by atoms with E-state index < -0.39 is 5.97 Å². The van der Waals surface area contributed by atoms with Crippen LogP contribution < -0.4 is 4.74 Å². The topological polar surface area (TPSA) is 46.5 Å². The fourth-order valence-electron chi connectivity index (χ4n) is 1.45. The molecule has 0 spiro atoms. The zero-order valence-corrected chi connectivity index (χ0v) is 9.13. The van der Waals surface area contributed by atoms with Crippen molar-refractivity contribution in [2.75, 3.05) is 7.11 Å². The van der Waals surface area contributed by atoms with Gasteiger partial charge in [-0.1, -0.05) is 6.58 Å². The molecular weight excluding hydrogens is 192 g/mol. The maximum absolute atomic E-state index is 10.8. The van der Waals surface area contributed by atoms with Crippen LogP contribution in [0, 0.1) is 13.8 Å². The van der Waals surface area contributed by atoms with Crippen LogP contribution in [0.3, 0.4) is 0 Å². The molecule has 0 saturated carbocycles. The van der Waals surface area contributed by atoms with Crippen LogP contribution in [-0.4, -0.2) is 18.2 Å². The highest BCUT2D eigenvalue weighted by molar-refractivity contribution is 6.15. The van der Waals surface area contributed by atoms with Gasteiger partial charge < -0.3 is 9.84 Å². The van der Waals surface area contributed by atoms with E-state index in [0.29, 0.717) is 5.56 Å². The van der Waals surface area contributed by atoms with E-state index in [2.05, 4.69) is 6.58 Å². The molecule has 0 aliphatic rings. The van der Waals surface area contributed by atoms with Crippen molar-refractivity contribution in [3.8, 4) is 5.75 Å². The van der Waals surface area contributed by atoms with Gasteiger partial charge in [-0.25, -0.2) is 4.79 Å². The number of carboxylic acid groups (broad SMARTS) is 1. The summed E-state index contributed by atoms with van der Waals surface area (Å²) >= 11 is 0. The Hall–Kier alpha value is -1.77. The van der Waals surface area contributed by atoms with Gasteiger partial charge in [-0.05, 0) is 42.7 Å². The average molecular weight is 206 g/mol. The summed E-state index contributed by atoms with van der Waals surface area (Å²) in [6.45, 7) is 7.25. The van der Waals surface area contributed by atoms with Gasteiger partial charge in [0.05, 0.1) is 12.7 Å². The smallest absolute Gasteiger partial charge is 0.335 e. The summed E-state index contributed by atoms with van der Waals surface area (Å²) in [4.78, 5) is 10.8. The van der Waals surface area contributed by atoms with Crippen molar-refractivity contribution < 1.29 is 14.6 Å². The maximum Gasteiger partial charge on any atom is 0.335 e. The van der Waals surface area contributed by atoms with Gasteiger partial charge in [0.2, 0.25) is 0 Å². The van der Waals surface area contributed by atoms with Gasteiger partial charge in [0.25, 0.3) is 0 Å². The summed E-state index contributed by atoms with van der Waals surface area (Å²) in [5.74, 6) is -0.239. The van der Waals surface area contributed by atoms with E-state index in [0.717, 1.165) is 16.9 Å². The first-order valence-corrected chi connectivity index (χ1v) is 4.55. The predicted octanol–water partition coefficient (Wildman–Crippen LogP) is 2.41. The van der Waals surface area contributed by atoms with E-state index in [-0.39, 0.29) is 5.57 Å². The van der Waals surface area contributed by atoms with Crippen LogP contribution in [0.25, 0.3) is 5.57 Å². The number of rotatable bonds is 3. The second-order valence-corrected chi connectivity index (χ2v) is 3.42. The zero-order valence-electron chi connectivity index (χ0n) is 9.13. The SMILES string of the molecule is C=C(C(=O)O)c1cc(C)c(OC)cc1C. The summed E-state index contributed by atoms with van der Waals surface area (Å²) < 4.78 is 5.14. The summed E-state index contributed by atoms with van der Waals surface area (Å²) in [5.41, 5.74) is 2.52. The third-order valence-corrected chi connectivity index (χ3v) is 2.33. The first kappa shape index (κ1) is 11.3. The number of aryl methyl sites for hydroxylation is 2. The molecule has 1 aromatic rings. The minimum atomic E-state index is -0.998. The predicted molar refractivity (Wildman–Crippen MR) is 59.1 cm³/mol. The molecule has 0 aliphatic carbocycles. The van der Waals surface area contributed by atoms with Crippen LogP contribution >= 0.6 is 0 Å². The third-order valence-electron chi connectivity index (χ3n) is 2.33. The number of carbonyl (C=O) groups is 1. The summed E-state index contributed by atoms with van der Waals surface area (Å²) in [5, 5.41) is 8.85. The molecule has 1 aromatic carbocycles. The lowest BCUT2D eigenvalue weighted by Crippen LogP contribution is -2.01. The molecule has 0 heterocycles. The maximum atomic E-state index is 10.8. The molecule has 3 heteroatoms. The molecule has 0 aliphatic heterocycles. The van der Waals surface area contributed by atoms with Gasteiger partial charge in [-0.2, -0.15) is 0 Å². The van der Waals surface area contributed by atoms with Crippen molar-refractivity contribution in [2.24, 2.45) is 0 Å². The second-order valence-electron chi connectivity index (χ2n) is 3.42. The van der Waals surface area contributed by atoms with Gasteiger partial charge in [-0.3, -0.25) is 0 Å². The quantitative estimate of drug-likeness (QED) is 0.772. The monoisotopic (exact) mass is 206 g/mol. The molecule has 3 nitrogen and oxygen atoms in total. The van der Waals surface area contributed by atoms with E-state index in [1.54, 1.807) is 13.2 Å². The van der Waals surface area contributed by atoms with Crippen LogP contribution in [0.1, 0.15) is 16.7 Å². The molecule has 0 unspecified atom stereocenters. The first-order valence-electron chi connectivity index (χ1n) is 4.55. The van der Waals surface area contributed by atoms with E-state index in [9.17, 15) is 4.79 Å². The van der Waals surface area contributed by atoms with E-state index in [1.807, 2.05) is 19.9 Å². The van der Waals surface area contributed by atoms with Crippen LogP contribution in [0.2, 0.25) is 0 Å². The Morgan fingerprint density at radius 2 is 1.93 bits per heavy atom. The van der Waals surface area contributed by atoms with E-state index in [1.165, 1.54) is 0 Å². The normalized spacial score (nSPS) is 9.80. The minimum Gasteiger partial charge on any atom is -0.496 e. The van der Waals surface area contributed by atoms with Gasteiger partial charge in [0.15, 0.2) is 0 Å². The van der Waals surface area contributed by atoms with Crippen LogP contribution in [-0.2, 0) is 4.79 Å². The van der Waals surface area contributed by atoms with Crippen molar-refractivity contribution >= 4 is 11.5 Å². The van der Waals surface area contributed by atoms with Crippen molar-refractivity contribution in [2.45, 2.75) is 13.8 Å². The lowest BCUT2D eigenvalue weighted by atomic mass is 9.99. The molecule has 0 saturated heterocycles. The summed E-state index contributed by atoms with van der Waals surface area (Å²) in [6, 6.07) is 3.60. The Kier molecular flexibility index (Phi) is 3.14. The van der Waals surface area contributed by atoms with Gasteiger partial charge in [0, 0.05) is 0 Å². The van der Waals surface area contributed by atoms with Gasteiger partial charge >= 0.3 is 5.97 Å². The molecule has 0 fully saturated rings. The number of hydrogen-bond donors (Lipinski definition) is 1. The number of ether oxygens (including phenoxy) is 1. The molecule has 0 amide bonds. The number of aliphatic carboxylic acids is 1. The molecule has 0 aromatic heterocycles. The molecule has 1 N–H and O–H groups in total. The van der Waals surface area contributed by atoms with E-state index >= 15 is 0 Å². The fraction of sp³-hybridized carbons (Fsp3) is 0.250. The van der Waals surface area contributed by atoms with Crippen molar-refractivity contribution in [1.29, 1.82) is 0 Å². The molecule has 80 valence electrons. The number of hydrogen-bond acceptors (Lipinski definition) is 2. The third kappa shape index (κ3) is 2.18. The largest absolute Gasteiger partial charge is 0.496 e. The van der Waals surface area contributed by atoms with Crippen molar-refractivity contribution in [3.05, 3.63) is 35.4 Å². The first-order chi connectivity index (χ1) is 6.97.